The Bertz CT molecular complexity index is 805. The largest absolute Gasteiger partial charge is 0.464 e. The molecular weight excluding hydrogens is 371 g/mol. The summed E-state index contributed by atoms with van der Waals surface area (Å²) in [6.45, 7) is 4.93. The number of ether oxygens (including phenoxy) is 1. The molecule has 2 heterocycles. The summed E-state index contributed by atoms with van der Waals surface area (Å²) in [5.74, 6) is -1.57. The smallest absolute Gasteiger partial charge is 0.329 e. The van der Waals surface area contributed by atoms with Crippen molar-refractivity contribution >= 4 is 40.6 Å². The van der Waals surface area contributed by atoms with Gasteiger partial charge in [-0.15, -0.1) is 0 Å². The van der Waals surface area contributed by atoms with E-state index in [1.807, 2.05) is 4.90 Å². The topological polar surface area (TPSA) is 66.9 Å². The SMILES string of the molecule is CCOC(=O)C(C)N1C(=O)S/C(=C/c2ccc(N3CCCC3)c(F)c2)C1=O. The van der Waals surface area contributed by atoms with Gasteiger partial charge in [0.15, 0.2) is 0 Å². The van der Waals surface area contributed by atoms with Gasteiger partial charge in [0.05, 0.1) is 17.2 Å². The molecule has 6 nitrogen and oxygen atoms in total. The van der Waals surface area contributed by atoms with Gasteiger partial charge in [-0.05, 0) is 62.2 Å². The Morgan fingerprint density at radius 2 is 2.04 bits per heavy atom. The van der Waals surface area contributed by atoms with Crippen LogP contribution in [0.4, 0.5) is 14.9 Å². The number of rotatable bonds is 5. The Hall–Kier alpha value is -2.35. The van der Waals surface area contributed by atoms with E-state index in [0.717, 1.165) is 42.6 Å². The number of nitrogens with zero attached hydrogens (tertiary/aromatic N) is 2. The monoisotopic (exact) mass is 392 g/mol. The number of carbonyl (C=O) groups excluding carboxylic acids is 3. The van der Waals surface area contributed by atoms with Gasteiger partial charge in [0.2, 0.25) is 0 Å². The minimum absolute atomic E-state index is 0.157. The minimum atomic E-state index is -1.00. The van der Waals surface area contributed by atoms with E-state index in [1.54, 1.807) is 19.1 Å². The molecule has 0 aromatic heterocycles. The molecule has 3 rings (SSSR count). The lowest BCUT2D eigenvalue weighted by atomic mass is 10.1. The van der Waals surface area contributed by atoms with Gasteiger partial charge in [0.25, 0.3) is 11.1 Å². The van der Waals surface area contributed by atoms with Gasteiger partial charge in [-0.3, -0.25) is 14.5 Å². The van der Waals surface area contributed by atoms with Crippen LogP contribution < -0.4 is 4.90 Å². The lowest BCUT2D eigenvalue weighted by Crippen LogP contribution is -2.42. The summed E-state index contributed by atoms with van der Waals surface area (Å²) in [7, 11) is 0. The molecule has 0 radical (unpaired) electrons. The summed E-state index contributed by atoms with van der Waals surface area (Å²) in [4.78, 5) is 39.6. The zero-order valence-corrected chi connectivity index (χ0v) is 16.1. The quantitative estimate of drug-likeness (QED) is 0.565. The standard InChI is InChI=1S/C19H21FN2O4S/c1-3-26-18(24)12(2)22-17(23)16(27-19(22)25)11-13-6-7-15(14(20)10-13)21-8-4-5-9-21/h6-7,10-12H,3-5,8-9H2,1-2H3/b16-11+. The van der Waals surface area contributed by atoms with Gasteiger partial charge in [0, 0.05) is 13.1 Å². The molecule has 0 bridgehead atoms. The van der Waals surface area contributed by atoms with Gasteiger partial charge in [-0.25, -0.2) is 9.18 Å². The molecule has 144 valence electrons. The van der Waals surface area contributed by atoms with E-state index in [1.165, 1.54) is 19.1 Å². The van der Waals surface area contributed by atoms with Crippen LogP contribution in [0.15, 0.2) is 23.1 Å². The first-order chi connectivity index (χ1) is 12.9. The van der Waals surface area contributed by atoms with Crippen molar-refractivity contribution in [3.05, 3.63) is 34.5 Å². The van der Waals surface area contributed by atoms with Crippen molar-refractivity contribution in [2.75, 3.05) is 24.6 Å². The van der Waals surface area contributed by atoms with Gasteiger partial charge in [-0.1, -0.05) is 6.07 Å². The summed E-state index contributed by atoms with van der Waals surface area (Å²) < 4.78 is 19.3. The molecule has 27 heavy (non-hydrogen) atoms. The van der Waals surface area contributed by atoms with Crippen molar-refractivity contribution in [1.29, 1.82) is 0 Å². The Balaban J connectivity index is 1.79. The highest BCUT2D eigenvalue weighted by molar-refractivity contribution is 8.18. The highest BCUT2D eigenvalue weighted by Gasteiger charge is 2.41. The maximum Gasteiger partial charge on any atom is 0.329 e. The second kappa shape index (κ2) is 8.12. The van der Waals surface area contributed by atoms with Crippen molar-refractivity contribution < 1.29 is 23.5 Å². The van der Waals surface area contributed by atoms with Crippen LogP contribution in [0, 0.1) is 5.82 Å². The third kappa shape index (κ3) is 4.00. The first kappa shape index (κ1) is 19.4. The number of imide groups is 1. The third-order valence-corrected chi connectivity index (χ3v) is 5.44. The number of amides is 2. The van der Waals surface area contributed by atoms with E-state index in [4.69, 9.17) is 4.74 Å². The molecule has 8 heteroatoms. The van der Waals surface area contributed by atoms with E-state index in [0.29, 0.717) is 11.3 Å². The highest BCUT2D eigenvalue weighted by Crippen LogP contribution is 2.34. The zero-order valence-electron chi connectivity index (χ0n) is 15.2. The van der Waals surface area contributed by atoms with Gasteiger partial charge in [0.1, 0.15) is 11.9 Å². The molecule has 2 aliphatic rings. The molecule has 0 saturated carbocycles. The van der Waals surface area contributed by atoms with Gasteiger partial charge >= 0.3 is 5.97 Å². The van der Waals surface area contributed by atoms with Crippen LogP contribution in [0.3, 0.4) is 0 Å². The molecule has 0 spiro atoms. The number of hydrogen-bond donors (Lipinski definition) is 0. The number of thioether (sulfide) groups is 1. The fourth-order valence-electron chi connectivity index (χ4n) is 3.16. The summed E-state index contributed by atoms with van der Waals surface area (Å²) in [6, 6.07) is 3.77. The van der Waals surface area contributed by atoms with Crippen LogP contribution in [-0.4, -0.2) is 47.8 Å². The minimum Gasteiger partial charge on any atom is -0.464 e. The van der Waals surface area contributed by atoms with Crippen LogP contribution in [0.2, 0.25) is 0 Å². The van der Waals surface area contributed by atoms with E-state index in [2.05, 4.69) is 0 Å². The first-order valence-electron chi connectivity index (χ1n) is 8.90. The van der Waals surface area contributed by atoms with E-state index in [-0.39, 0.29) is 17.3 Å². The van der Waals surface area contributed by atoms with Crippen molar-refractivity contribution in [1.82, 2.24) is 4.90 Å². The van der Waals surface area contributed by atoms with Crippen molar-refractivity contribution in [3.8, 4) is 0 Å². The van der Waals surface area contributed by atoms with Crippen LogP contribution in [-0.2, 0) is 14.3 Å². The maximum absolute atomic E-state index is 14.4. The lowest BCUT2D eigenvalue weighted by Gasteiger charge is -2.19. The Labute approximate surface area is 161 Å². The van der Waals surface area contributed by atoms with Gasteiger partial charge in [-0.2, -0.15) is 0 Å². The Kier molecular flexibility index (Phi) is 5.84. The van der Waals surface area contributed by atoms with Crippen molar-refractivity contribution in [2.45, 2.75) is 32.7 Å². The molecule has 1 atom stereocenters. The molecule has 2 saturated heterocycles. The number of anilines is 1. The van der Waals surface area contributed by atoms with Crippen LogP contribution in [0.25, 0.3) is 6.08 Å². The third-order valence-electron chi connectivity index (χ3n) is 4.55. The molecule has 1 unspecified atom stereocenters. The molecule has 0 N–H and O–H groups in total. The Morgan fingerprint density at radius 1 is 1.33 bits per heavy atom. The molecule has 2 amide bonds. The summed E-state index contributed by atoms with van der Waals surface area (Å²) in [5, 5.41) is -0.541. The van der Waals surface area contributed by atoms with E-state index < -0.39 is 23.2 Å². The number of benzene rings is 1. The molecular formula is C19H21FN2O4S. The summed E-state index contributed by atoms with van der Waals surface area (Å²) in [5.41, 5.74) is 1.04. The second-order valence-electron chi connectivity index (χ2n) is 6.38. The van der Waals surface area contributed by atoms with Crippen molar-refractivity contribution in [3.63, 3.8) is 0 Å². The Morgan fingerprint density at radius 3 is 2.67 bits per heavy atom. The fraction of sp³-hybridized carbons (Fsp3) is 0.421. The number of esters is 1. The van der Waals surface area contributed by atoms with Crippen molar-refractivity contribution in [2.24, 2.45) is 0 Å². The average molecular weight is 392 g/mol. The molecule has 1 aromatic carbocycles. The molecule has 2 fully saturated rings. The van der Waals surface area contributed by atoms with E-state index in [9.17, 15) is 18.8 Å². The first-order valence-corrected chi connectivity index (χ1v) is 9.72. The zero-order chi connectivity index (χ0) is 19.6. The fourth-order valence-corrected chi connectivity index (χ4v) is 4.07. The molecule has 1 aromatic rings. The predicted octanol–water partition coefficient (Wildman–Crippen LogP) is 3.41. The number of carbonyl (C=O) groups is 3. The van der Waals surface area contributed by atoms with Crippen LogP contribution >= 0.6 is 11.8 Å². The highest BCUT2D eigenvalue weighted by atomic mass is 32.2. The normalized spacial score (nSPS) is 19.9. The molecule has 2 aliphatic heterocycles. The van der Waals surface area contributed by atoms with Crippen LogP contribution in [0.1, 0.15) is 32.3 Å². The number of halogens is 1. The van der Waals surface area contributed by atoms with Gasteiger partial charge < -0.3 is 9.64 Å². The maximum atomic E-state index is 14.4. The van der Waals surface area contributed by atoms with E-state index >= 15 is 0 Å². The summed E-state index contributed by atoms with van der Waals surface area (Å²) >= 11 is 0.734. The summed E-state index contributed by atoms with van der Waals surface area (Å²) in [6.07, 6.45) is 3.57. The van der Waals surface area contributed by atoms with Crippen LogP contribution in [0.5, 0.6) is 0 Å². The predicted molar refractivity (Wildman–Crippen MR) is 102 cm³/mol. The average Bonchev–Trinajstić information content (AvgIpc) is 3.24. The molecule has 0 aliphatic carbocycles. The lowest BCUT2D eigenvalue weighted by molar-refractivity contribution is -0.150. The second-order valence-corrected chi connectivity index (χ2v) is 7.38. The number of hydrogen-bond acceptors (Lipinski definition) is 6.